The lowest BCUT2D eigenvalue weighted by Crippen LogP contribution is -2.10. The number of thiazole rings is 1. The van der Waals surface area contributed by atoms with Crippen molar-refractivity contribution in [1.29, 1.82) is 0 Å². The third-order valence-corrected chi connectivity index (χ3v) is 3.35. The van der Waals surface area contributed by atoms with Gasteiger partial charge >= 0.3 is 6.18 Å². The molecule has 0 radical (unpaired) electrons. The van der Waals surface area contributed by atoms with Crippen molar-refractivity contribution in [3.8, 4) is 0 Å². The molecular weight excluding hydrogens is 211 g/mol. The molecule has 0 N–H and O–H groups in total. The Balaban J connectivity index is 3.19. The fourth-order valence-corrected chi connectivity index (χ4v) is 2.20. The van der Waals surface area contributed by atoms with E-state index in [-0.39, 0.29) is 5.41 Å². The minimum Gasteiger partial charge on any atom is -0.237 e. The third kappa shape index (κ3) is 2.26. The molecule has 0 aromatic carbocycles. The first kappa shape index (κ1) is 11.5. The van der Waals surface area contributed by atoms with Crippen LogP contribution < -0.4 is 0 Å². The molecule has 80 valence electrons. The molecule has 1 rings (SSSR count). The van der Waals surface area contributed by atoms with Crippen LogP contribution in [-0.4, -0.2) is 4.98 Å². The van der Waals surface area contributed by atoms with Gasteiger partial charge in [-0.3, -0.25) is 0 Å². The Labute approximate surface area is 85.0 Å². The van der Waals surface area contributed by atoms with Gasteiger partial charge in [0.15, 0.2) is 5.01 Å². The number of alkyl halides is 3. The van der Waals surface area contributed by atoms with Crippen molar-refractivity contribution in [1.82, 2.24) is 4.98 Å². The van der Waals surface area contributed by atoms with Crippen LogP contribution in [0.5, 0.6) is 0 Å². The highest BCUT2D eigenvalue weighted by molar-refractivity contribution is 7.12. The van der Waals surface area contributed by atoms with Gasteiger partial charge in [-0.2, -0.15) is 13.2 Å². The Morgan fingerprint density at radius 1 is 1.14 bits per heavy atom. The van der Waals surface area contributed by atoms with E-state index in [1.807, 2.05) is 20.8 Å². The van der Waals surface area contributed by atoms with Crippen molar-refractivity contribution >= 4 is 11.3 Å². The quantitative estimate of drug-likeness (QED) is 0.652. The van der Waals surface area contributed by atoms with Crippen molar-refractivity contribution in [3.05, 3.63) is 15.6 Å². The lowest BCUT2D eigenvalue weighted by atomic mass is 9.94. The minimum atomic E-state index is -4.32. The number of aromatic nitrogens is 1. The van der Waals surface area contributed by atoms with Crippen molar-refractivity contribution in [2.45, 2.75) is 39.3 Å². The number of hydrogen-bond acceptors (Lipinski definition) is 2. The van der Waals surface area contributed by atoms with E-state index >= 15 is 0 Å². The van der Waals surface area contributed by atoms with Gasteiger partial charge in [0, 0.05) is 4.88 Å². The molecule has 0 aliphatic carbocycles. The van der Waals surface area contributed by atoms with Crippen LogP contribution in [0, 0.1) is 6.92 Å². The topological polar surface area (TPSA) is 12.9 Å². The number of nitrogens with zero attached hydrogens (tertiary/aromatic N) is 1. The average molecular weight is 223 g/mol. The van der Waals surface area contributed by atoms with Gasteiger partial charge in [0.1, 0.15) is 0 Å². The summed E-state index contributed by atoms with van der Waals surface area (Å²) in [5.74, 6) is 0. The Hall–Kier alpha value is -0.580. The van der Waals surface area contributed by atoms with Crippen LogP contribution in [0.2, 0.25) is 0 Å². The summed E-state index contributed by atoms with van der Waals surface area (Å²) in [6, 6.07) is 0. The van der Waals surface area contributed by atoms with Crippen molar-refractivity contribution < 1.29 is 13.2 Å². The molecule has 0 fully saturated rings. The fourth-order valence-electron chi connectivity index (χ4n) is 1.21. The van der Waals surface area contributed by atoms with E-state index < -0.39 is 11.2 Å². The summed E-state index contributed by atoms with van der Waals surface area (Å²) in [6.07, 6.45) is -4.32. The van der Waals surface area contributed by atoms with Gasteiger partial charge in [0.25, 0.3) is 0 Å². The van der Waals surface area contributed by atoms with E-state index in [4.69, 9.17) is 0 Å². The third-order valence-electron chi connectivity index (χ3n) is 1.72. The molecule has 1 heterocycles. The maximum atomic E-state index is 12.3. The first-order valence-electron chi connectivity index (χ1n) is 4.17. The predicted molar refractivity (Wildman–Crippen MR) is 50.6 cm³/mol. The van der Waals surface area contributed by atoms with Gasteiger partial charge in [0.05, 0.1) is 5.69 Å². The predicted octanol–water partition coefficient (Wildman–Crippen LogP) is 3.77. The maximum Gasteiger partial charge on any atom is 0.443 e. The fraction of sp³-hybridized carbons (Fsp3) is 0.667. The summed E-state index contributed by atoms with van der Waals surface area (Å²) >= 11 is 0.737. The van der Waals surface area contributed by atoms with Crippen LogP contribution in [-0.2, 0) is 11.6 Å². The molecule has 0 aliphatic rings. The van der Waals surface area contributed by atoms with Gasteiger partial charge in [-0.05, 0) is 12.3 Å². The second-order valence-corrected chi connectivity index (χ2v) is 5.18. The monoisotopic (exact) mass is 223 g/mol. The molecule has 0 spiro atoms. The SMILES string of the molecule is Cc1nc(C(F)(F)F)sc1C(C)(C)C. The standard InChI is InChI=1S/C9H12F3NS/c1-5-6(8(2,3)4)14-7(13-5)9(10,11)12/h1-4H3. The second-order valence-electron chi connectivity index (χ2n) is 4.18. The van der Waals surface area contributed by atoms with E-state index in [9.17, 15) is 13.2 Å². The second kappa shape index (κ2) is 3.22. The number of aryl methyl sites for hydroxylation is 1. The molecule has 1 aromatic heterocycles. The summed E-state index contributed by atoms with van der Waals surface area (Å²) in [5.41, 5.74) is 0.209. The molecule has 1 aromatic rings. The van der Waals surface area contributed by atoms with E-state index in [0.717, 1.165) is 11.3 Å². The zero-order valence-electron chi connectivity index (χ0n) is 8.49. The van der Waals surface area contributed by atoms with Crippen molar-refractivity contribution in [3.63, 3.8) is 0 Å². The number of hydrogen-bond donors (Lipinski definition) is 0. The lowest BCUT2D eigenvalue weighted by molar-refractivity contribution is -0.137. The number of rotatable bonds is 0. The highest BCUT2D eigenvalue weighted by Gasteiger charge is 2.36. The molecule has 0 saturated carbocycles. The van der Waals surface area contributed by atoms with E-state index in [0.29, 0.717) is 10.6 Å². The van der Waals surface area contributed by atoms with Gasteiger partial charge in [-0.25, -0.2) is 4.98 Å². The van der Waals surface area contributed by atoms with Crippen LogP contribution in [0.4, 0.5) is 13.2 Å². The zero-order chi connectivity index (χ0) is 11.1. The normalized spacial score (nSPS) is 13.4. The van der Waals surface area contributed by atoms with E-state index in [1.54, 1.807) is 6.92 Å². The largest absolute Gasteiger partial charge is 0.443 e. The van der Waals surface area contributed by atoms with Crippen LogP contribution >= 0.6 is 11.3 Å². The Bertz CT molecular complexity index is 333. The molecular formula is C9H12F3NS. The molecule has 0 saturated heterocycles. The molecule has 0 aliphatic heterocycles. The van der Waals surface area contributed by atoms with Gasteiger partial charge < -0.3 is 0 Å². The van der Waals surface area contributed by atoms with Crippen molar-refractivity contribution in [2.24, 2.45) is 0 Å². The van der Waals surface area contributed by atoms with Gasteiger partial charge in [-0.15, -0.1) is 11.3 Å². The molecule has 0 amide bonds. The molecule has 5 heteroatoms. The Kier molecular flexibility index (Phi) is 2.65. The summed E-state index contributed by atoms with van der Waals surface area (Å²) in [7, 11) is 0. The smallest absolute Gasteiger partial charge is 0.237 e. The van der Waals surface area contributed by atoms with Crippen LogP contribution in [0.15, 0.2) is 0 Å². The summed E-state index contributed by atoms with van der Waals surface area (Å²) in [5, 5.41) is -0.750. The zero-order valence-corrected chi connectivity index (χ0v) is 9.31. The molecule has 14 heavy (non-hydrogen) atoms. The van der Waals surface area contributed by atoms with Crippen LogP contribution in [0.25, 0.3) is 0 Å². The molecule has 0 atom stereocenters. The molecule has 0 unspecified atom stereocenters. The Morgan fingerprint density at radius 2 is 1.64 bits per heavy atom. The first-order valence-corrected chi connectivity index (χ1v) is 4.99. The molecule has 0 bridgehead atoms. The lowest BCUT2D eigenvalue weighted by Gasteiger charge is -2.16. The van der Waals surface area contributed by atoms with Crippen LogP contribution in [0.1, 0.15) is 36.3 Å². The van der Waals surface area contributed by atoms with Gasteiger partial charge in [0.2, 0.25) is 0 Å². The maximum absolute atomic E-state index is 12.3. The minimum absolute atomic E-state index is 0.273. The summed E-state index contributed by atoms with van der Waals surface area (Å²) < 4.78 is 37.0. The van der Waals surface area contributed by atoms with Gasteiger partial charge in [-0.1, -0.05) is 20.8 Å². The van der Waals surface area contributed by atoms with E-state index in [2.05, 4.69) is 4.98 Å². The van der Waals surface area contributed by atoms with E-state index in [1.165, 1.54) is 0 Å². The average Bonchev–Trinajstić information content (AvgIpc) is 2.27. The van der Waals surface area contributed by atoms with Crippen LogP contribution in [0.3, 0.4) is 0 Å². The Morgan fingerprint density at radius 3 is 1.86 bits per heavy atom. The number of halogens is 3. The first-order chi connectivity index (χ1) is 6.12. The summed E-state index contributed by atoms with van der Waals surface area (Å²) in [4.78, 5) is 4.24. The highest BCUT2D eigenvalue weighted by Crippen LogP contribution is 2.38. The highest BCUT2D eigenvalue weighted by atomic mass is 32.1. The molecule has 1 nitrogen and oxygen atoms in total. The summed E-state index contributed by atoms with van der Waals surface area (Å²) in [6.45, 7) is 7.27. The van der Waals surface area contributed by atoms with Crippen molar-refractivity contribution in [2.75, 3.05) is 0 Å².